The summed E-state index contributed by atoms with van der Waals surface area (Å²) < 4.78 is 0.895. The van der Waals surface area contributed by atoms with Crippen molar-refractivity contribution in [2.24, 2.45) is 5.14 Å². The smallest absolute Gasteiger partial charge is 0.0559 e. The second-order valence-electron chi connectivity index (χ2n) is 1.69. The molecule has 0 aliphatic carbocycles. The molecule has 1 aromatic rings. The summed E-state index contributed by atoms with van der Waals surface area (Å²) in [5, 5.41) is 6.00. The maximum atomic E-state index is 5.78. The molecule has 0 spiro atoms. The highest BCUT2D eigenvalue weighted by atomic mass is 79.9. The number of benzene rings is 1. The van der Waals surface area contributed by atoms with E-state index in [-0.39, 0.29) is 0 Å². The van der Waals surface area contributed by atoms with Crippen LogP contribution in [0.1, 0.15) is 13.8 Å². The fourth-order valence-electron chi connectivity index (χ4n) is 0.550. The monoisotopic (exact) mass is 267 g/mol. The second kappa shape index (κ2) is 6.78. The standard InChI is InChI=1S/C6H5BrClNS.C2H6/c7-5-2-1-4(10-9)3-6(5)8;1-2/h1-3H,9H2;1-2H3. The number of hydrogen-bond acceptors (Lipinski definition) is 2. The summed E-state index contributed by atoms with van der Waals surface area (Å²) >= 11 is 10.2. The lowest BCUT2D eigenvalue weighted by molar-refractivity contribution is 1.44. The lowest BCUT2D eigenvalue weighted by Crippen LogP contribution is -1.78. The first-order chi connectivity index (χ1) is 5.74. The van der Waals surface area contributed by atoms with Crippen LogP contribution in [0.15, 0.2) is 27.6 Å². The summed E-state index contributed by atoms with van der Waals surface area (Å²) in [5.41, 5.74) is 0. The van der Waals surface area contributed by atoms with E-state index in [9.17, 15) is 0 Å². The van der Waals surface area contributed by atoms with E-state index in [4.69, 9.17) is 16.7 Å². The van der Waals surface area contributed by atoms with Crippen LogP contribution in [-0.4, -0.2) is 0 Å². The van der Waals surface area contributed by atoms with Gasteiger partial charge >= 0.3 is 0 Å². The zero-order chi connectivity index (χ0) is 9.56. The molecule has 0 bridgehead atoms. The van der Waals surface area contributed by atoms with E-state index in [1.807, 2.05) is 32.0 Å². The van der Waals surface area contributed by atoms with E-state index in [1.54, 1.807) is 0 Å². The molecule has 0 radical (unpaired) electrons. The molecule has 0 fully saturated rings. The SMILES string of the molecule is CC.NSc1ccc(Br)c(Cl)c1. The predicted molar refractivity (Wildman–Crippen MR) is 60.5 cm³/mol. The normalized spacial score (nSPS) is 8.75. The van der Waals surface area contributed by atoms with Crippen molar-refractivity contribution in [3.05, 3.63) is 27.7 Å². The van der Waals surface area contributed by atoms with E-state index in [0.29, 0.717) is 5.02 Å². The minimum absolute atomic E-state index is 0.690. The summed E-state index contributed by atoms with van der Waals surface area (Å²) in [4.78, 5) is 0.966. The average molecular weight is 269 g/mol. The summed E-state index contributed by atoms with van der Waals surface area (Å²) in [6, 6.07) is 5.59. The van der Waals surface area contributed by atoms with E-state index in [1.165, 1.54) is 11.9 Å². The molecule has 0 amide bonds. The van der Waals surface area contributed by atoms with Crippen molar-refractivity contribution in [1.29, 1.82) is 0 Å². The molecule has 0 atom stereocenters. The van der Waals surface area contributed by atoms with Crippen LogP contribution in [-0.2, 0) is 0 Å². The molecule has 2 N–H and O–H groups in total. The van der Waals surface area contributed by atoms with Gasteiger partial charge in [0, 0.05) is 9.37 Å². The Kier molecular flexibility index (Phi) is 6.95. The minimum Gasteiger partial charge on any atom is -0.274 e. The van der Waals surface area contributed by atoms with Crippen molar-refractivity contribution in [2.45, 2.75) is 18.7 Å². The summed E-state index contributed by atoms with van der Waals surface area (Å²) in [7, 11) is 0. The summed E-state index contributed by atoms with van der Waals surface area (Å²) in [6.07, 6.45) is 0. The summed E-state index contributed by atoms with van der Waals surface area (Å²) in [5.74, 6) is 0. The molecule has 0 aliphatic rings. The molecule has 0 saturated carbocycles. The quantitative estimate of drug-likeness (QED) is 0.776. The van der Waals surface area contributed by atoms with Crippen molar-refractivity contribution >= 4 is 39.5 Å². The zero-order valence-corrected chi connectivity index (χ0v) is 10.1. The van der Waals surface area contributed by atoms with Crippen LogP contribution < -0.4 is 5.14 Å². The van der Waals surface area contributed by atoms with Gasteiger partial charge < -0.3 is 0 Å². The van der Waals surface area contributed by atoms with Gasteiger partial charge in [0.25, 0.3) is 0 Å². The second-order valence-corrected chi connectivity index (χ2v) is 3.66. The summed E-state index contributed by atoms with van der Waals surface area (Å²) in [6.45, 7) is 4.00. The van der Waals surface area contributed by atoms with Crippen molar-refractivity contribution < 1.29 is 0 Å². The maximum Gasteiger partial charge on any atom is 0.0559 e. The highest BCUT2D eigenvalue weighted by Gasteiger charge is 1.96. The highest BCUT2D eigenvalue weighted by Crippen LogP contribution is 2.25. The third kappa shape index (κ3) is 3.81. The van der Waals surface area contributed by atoms with Gasteiger partial charge in [0.05, 0.1) is 5.02 Å². The van der Waals surface area contributed by atoms with Gasteiger partial charge in [-0.2, -0.15) is 0 Å². The van der Waals surface area contributed by atoms with Gasteiger partial charge in [-0.05, 0) is 46.1 Å². The molecule has 12 heavy (non-hydrogen) atoms. The van der Waals surface area contributed by atoms with Gasteiger partial charge in [0.1, 0.15) is 0 Å². The van der Waals surface area contributed by atoms with E-state index in [0.717, 1.165) is 9.37 Å². The molecule has 0 aromatic heterocycles. The lowest BCUT2D eigenvalue weighted by Gasteiger charge is -1.97. The Labute approximate surface area is 90.9 Å². The maximum absolute atomic E-state index is 5.78. The Hall–Kier alpha value is 0.300. The predicted octanol–water partition coefficient (Wildman–Crippen LogP) is 4.09. The zero-order valence-electron chi connectivity index (χ0n) is 6.97. The van der Waals surface area contributed by atoms with Gasteiger partial charge in [-0.15, -0.1) is 0 Å². The van der Waals surface area contributed by atoms with Gasteiger partial charge in [-0.25, -0.2) is 0 Å². The Balaban J connectivity index is 0.000000561. The molecule has 1 aromatic carbocycles. The minimum atomic E-state index is 0.690. The molecule has 0 aliphatic heterocycles. The Bertz CT molecular complexity index is 242. The number of halogens is 2. The molecule has 0 unspecified atom stereocenters. The van der Waals surface area contributed by atoms with Crippen LogP contribution in [0.3, 0.4) is 0 Å². The third-order valence-corrected chi connectivity index (χ3v) is 2.79. The van der Waals surface area contributed by atoms with Crippen LogP contribution in [0, 0.1) is 0 Å². The van der Waals surface area contributed by atoms with Crippen LogP contribution >= 0.6 is 39.5 Å². The molecule has 1 nitrogen and oxygen atoms in total. The van der Waals surface area contributed by atoms with Gasteiger partial charge in [-0.3, -0.25) is 5.14 Å². The van der Waals surface area contributed by atoms with Crippen LogP contribution in [0.5, 0.6) is 0 Å². The molecule has 0 heterocycles. The third-order valence-electron chi connectivity index (χ3n) is 1.03. The van der Waals surface area contributed by atoms with E-state index >= 15 is 0 Å². The Morgan fingerprint density at radius 1 is 1.42 bits per heavy atom. The fraction of sp³-hybridized carbons (Fsp3) is 0.250. The molecule has 68 valence electrons. The topological polar surface area (TPSA) is 26.0 Å². The van der Waals surface area contributed by atoms with Crippen molar-refractivity contribution in [3.8, 4) is 0 Å². The number of rotatable bonds is 1. The fourth-order valence-corrected chi connectivity index (χ4v) is 1.37. The van der Waals surface area contributed by atoms with Crippen LogP contribution in [0.2, 0.25) is 5.02 Å². The van der Waals surface area contributed by atoms with E-state index < -0.39 is 0 Å². The van der Waals surface area contributed by atoms with Gasteiger partial charge in [0.2, 0.25) is 0 Å². The number of hydrogen-bond donors (Lipinski definition) is 1. The Morgan fingerprint density at radius 2 is 2.00 bits per heavy atom. The van der Waals surface area contributed by atoms with E-state index in [2.05, 4.69) is 15.9 Å². The molecule has 1 rings (SSSR count). The largest absolute Gasteiger partial charge is 0.274 e. The first-order valence-electron chi connectivity index (χ1n) is 3.56. The van der Waals surface area contributed by atoms with Crippen molar-refractivity contribution in [2.75, 3.05) is 0 Å². The molecular weight excluding hydrogens is 258 g/mol. The first-order valence-corrected chi connectivity index (χ1v) is 5.61. The Morgan fingerprint density at radius 3 is 2.42 bits per heavy atom. The average Bonchev–Trinajstić information content (AvgIpc) is 2.13. The van der Waals surface area contributed by atoms with Crippen LogP contribution in [0.4, 0.5) is 0 Å². The van der Waals surface area contributed by atoms with Crippen molar-refractivity contribution in [1.82, 2.24) is 0 Å². The van der Waals surface area contributed by atoms with Gasteiger partial charge in [-0.1, -0.05) is 25.4 Å². The first kappa shape index (κ1) is 12.3. The van der Waals surface area contributed by atoms with Gasteiger partial charge in [0.15, 0.2) is 0 Å². The molecule has 4 heteroatoms. The van der Waals surface area contributed by atoms with Crippen molar-refractivity contribution in [3.63, 3.8) is 0 Å². The lowest BCUT2D eigenvalue weighted by atomic mass is 10.4. The van der Waals surface area contributed by atoms with Crippen LogP contribution in [0.25, 0.3) is 0 Å². The number of nitrogens with two attached hydrogens (primary N) is 1. The molecular formula is C8H11BrClNS. The highest BCUT2D eigenvalue weighted by molar-refractivity contribution is 9.10. The molecule has 0 saturated heterocycles.